The highest BCUT2D eigenvalue weighted by Crippen LogP contribution is 2.25. The van der Waals surface area contributed by atoms with Gasteiger partial charge in [-0.15, -0.1) is 11.8 Å². The third-order valence-electron chi connectivity index (χ3n) is 2.89. The molecule has 2 aromatic carbocycles. The first kappa shape index (κ1) is 17.2. The van der Waals surface area contributed by atoms with Crippen LogP contribution >= 0.6 is 23.4 Å². The first-order valence-corrected chi connectivity index (χ1v) is 8.20. The molecule has 0 aliphatic rings. The molecule has 0 unspecified atom stereocenters. The van der Waals surface area contributed by atoms with Gasteiger partial charge in [0.15, 0.2) is 6.61 Å². The predicted molar refractivity (Wildman–Crippen MR) is 90.3 cm³/mol. The Morgan fingerprint density at radius 2 is 2.00 bits per heavy atom. The molecule has 0 aromatic heterocycles. The number of ether oxygens (including phenoxy) is 1. The molecule has 23 heavy (non-hydrogen) atoms. The number of phenols is 1. The van der Waals surface area contributed by atoms with E-state index in [1.54, 1.807) is 12.1 Å². The van der Waals surface area contributed by atoms with Gasteiger partial charge in [-0.1, -0.05) is 23.7 Å². The maximum Gasteiger partial charge on any atom is 0.342 e. The Bertz CT molecular complexity index is 736. The van der Waals surface area contributed by atoms with Gasteiger partial charge in [-0.25, -0.2) is 4.79 Å². The van der Waals surface area contributed by atoms with E-state index < -0.39 is 18.5 Å². The maximum atomic E-state index is 11.9. The van der Waals surface area contributed by atoms with Crippen LogP contribution < -0.4 is 5.32 Å². The lowest BCUT2D eigenvalue weighted by atomic mass is 10.2. The second-order valence-electron chi connectivity index (χ2n) is 4.49. The minimum Gasteiger partial charge on any atom is -0.507 e. The zero-order valence-electron chi connectivity index (χ0n) is 12.2. The van der Waals surface area contributed by atoms with E-state index in [4.69, 9.17) is 16.3 Å². The van der Waals surface area contributed by atoms with E-state index in [0.717, 1.165) is 4.90 Å². The van der Waals surface area contributed by atoms with Crippen molar-refractivity contribution in [2.75, 3.05) is 18.2 Å². The predicted octanol–water partition coefficient (Wildman–Crippen LogP) is 3.56. The molecule has 0 saturated carbocycles. The minimum absolute atomic E-state index is 0.0881. The van der Waals surface area contributed by atoms with Crippen LogP contribution in [0.2, 0.25) is 5.02 Å². The summed E-state index contributed by atoms with van der Waals surface area (Å²) in [5.74, 6) is -1.55. The number of para-hydroxylation sites is 1. The lowest BCUT2D eigenvalue weighted by molar-refractivity contribution is -0.119. The van der Waals surface area contributed by atoms with Crippen LogP contribution in [0, 0.1) is 0 Å². The molecule has 0 aliphatic heterocycles. The fourth-order valence-corrected chi connectivity index (χ4v) is 2.54. The zero-order valence-corrected chi connectivity index (χ0v) is 13.8. The van der Waals surface area contributed by atoms with Crippen molar-refractivity contribution >= 4 is 40.9 Å². The van der Waals surface area contributed by atoms with Crippen LogP contribution in [0.25, 0.3) is 0 Å². The molecule has 0 radical (unpaired) electrons. The molecule has 0 spiro atoms. The number of amides is 1. The van der Waals surface area contributed by atoms with Crippen molar-refractivity contribution in [3.63, 3.8) is 0 Å². The standard InChI is InChI=1S/C16H14ClNO4S/c1-23-14-5-3-2-4-12(14)18-15(20)9-22-16(21)11-8-10(17)6-7-13(11)19/h2-8,19H,9H2,1H3,(H,18,20). The first-order chi connectivity index (χ1) is 11.0. The Morgan fingerprint density at radius 3 is 2.74 bits per heavy atom. The summed E-state index contributed by atoms with van der Waals surface area (Å²) in [4.78, 5) is 24.7. The van der Waals surface area contributed by atoms with Crippen molar-refractivity contribution in [1.82, 2.24) is 0 Å². The maximum absolute atomic E-state index is 11.9. The molecule has 120 valence electrons. The summed E-state index contributed by atoms with van der Waals surface area (Å²) in [6.45, 7) is -0.465. The van der Waals surface area contributed by atoms with Crippen molar-refractivity contribution < 1.29 is 19.4 Å². The molecule has 7 heteroatoms. The Kier molecular flexibility index (Phi) is 5.90. The van der Waals surface area contributed by atoms with E-state index in [0.29, 0.717) is 5.69 Å². The van der Waals surface area contributed by atoms with Crippen LogP contribution in [-0.2, 0) is 9.53 Å². The number of rotatable bonds is 5. The second-order valence-corrected chi connectivity index (χ2v) is 5.77. The number of hydrogen-bond acceptors (Lipinski definition) is 5. The average Bonchev–Trinajstić information content (AvgIpc) is 2.55. The van der Waals surface area contributed by atoms with Crippen LogP contribution in [0.3, 0.4) is 0 Å². The van der Waals surface area contributed by atoms with E-state index in [1.165, 1.54) is 30.0 Å². The first-order valence-electron chi connectivity index (χ1n) is 6.59. The second kappa shape index (κ2) is 7.89. The Hall–Kier alpha value is -2.18. The van der Waals surface area contributed by atoms with Crippen LogP contribution in [0.5, 0.6) is 5.75 Å². The summed E-state index contributed by atoms with van der Waals surface area (Å²) >= 11 is 7.26. The molecule has 0 saturated heterocycles. The SMILES string of the molecule is CSc1ccccc1NC(=O)COC(=O)c1cc(Cl)ccc1O. The van der Waals surface area contributed by atoms with Crippen LogP contribution in [0.15, 0.2) is 47.4 Å². The summed E-state index contributed by atoms with van der Waals surface area (Å²) in [7, 11) is 0. The molecule has 2 N–H and O–H groups in total. The Balaban J connectivity index is 1.96. The van der Waals surface area contributed by atoms with Gasteiger partial charge in [0, 0.05) is 9.92 Å². The molecule has 0 bridgehead atoms. The van der Waals surface area contributed by atoms with Gasteiger partial charge >= 0.3 is 5.97 Å². The molecule has 0 heterocycles. The van der Waals surface area contributed by atoms with Crippen molar-refractivity contribution in [2.24, 2.45) is 0 Å². The molecule has 2 rings (SSSR count). The van der Waals surface area contributed by atoms with Gasteiger partial charge in [-0.05, 0) is 36.6 Å². The molecule has 5 nitrogen and oxygen atoms in total. The van der Waals surface area contributed by atoms with E-state index in [9.17, 15) is 14.7 Å². The van der Waals surface area contributed by atoms with Crippen molar-refractivity contribution in [3.05, 3.63) is 53.1 Å². The highest BCUT2D eigenvalue weighted by atomic mass is 35.5. The molecular formula is C16H14ClNO4S. The summed E-state index contributed by atoms with van der Waals surface area (Å²) in [5, 5.41) is 12.6. The number of thioether (sulfide) groups is 1. The topological polar surface area (TPSA) is 75.6 Å². The van der Waals surface area contributed by atoms with Gasteiger partial charge in [0.2, 0.25) is 0 Å². The number of halogens is 1. The summed E-state index contributed by atoms with van der Waals surface area (Å²) in [5.41, 5.74) is 0.557. The summed E-state index contributed by atoms with van der Waals surface area (Å²) in [6.07, 6.45) is 1.90. The third kappa shape index (κ3) is 4.64. The fourth-order valence-electron chi connectivity index (χ4n) is 1.81. The fraction of sp³-hybridized carbons (Fsp3) is 0.125. The molecule has 0 aliphatic carbocycles. The van der Waals surface area contributed by atoms with Gasteiger partial charge in [-0.3, -0.25) is 4.79 Å². The molecular weight excluding hydrogens is 338 g/mol. The Morgan fingerprint density at radius 1 is 1.26 bits per heavy atom. The summed E-state index contributed by atoms with van der Waals surface area (Å²) in [6, 6.07) is 11.3. The molecule has 0 fully saturated rings. The number of carbonyl (C=O) groups excluding carboxylic acids is 2. The smallest absolute Gasteiger partial charge is 0.342 e. The summed E-state index contributed by atoms with van der Waals surface area (Å²) < 4.78 is 4.89. The molecule has 2 aromatic rings. The van der Waals surface area contributed by atoms with Gasteiger partial charge in [-0.2, -0.15) is 0 Å². The van der Waals surface area contributed by atoms with Crippen molar-refractivity contribution in [3.8, 4) is 5.75 Å². The lowest BCUT2D eigenvalue weighted by Gasteiger charge is -2.10. The minimum atomic E-state index is -0.821. The number of benzene rings is 2. The number of hydrogen-bond donors (Lipinski definition) is 2. The zero-order chi connectivity index (χ0) is 16.8. The largest absolute Gasteiger partial charge is 0.507 e. The number of carbonyl (C=O) groups is 2. The van der Waals surface area contributed by atoms with E-state index >= 15 is 0 Å². The monoisotopic (exact) mass is 351 g/mol. The molecule has 1 amide bonds. The van der Waals surface area contributed by atoms with Crippen LogP contribution in [0.1, 0.15) is 10.4 Å². The Labute approximate surface area is 142 Å². The number of nitrogens with one attached hydrogen (secondary N) is 1. The van der Waals surface area contributed by atoms with Crippen molar-refractivity contribution in [2.45, 2.75) is 4.90 Å². The highest BCUT2D eigenvalue weighted by Gasteiger charge is 2.15. The average molecular weight is 352 g/mol. The number of phenolic OH excluding ortho intramolecular Hbond substituents is 1. The quantitative estimate of drug-likeness (QED) is 0.636. The highest BCUT2D eigenvalue weighted by molar-refractivity contribution is 7.98. The van der Waals surface area contributed by atoms with E-state index in [1.807, 2.05) is 18.4 Å². The van der Waals surface area contributed by atoms with Gasteiger partial charge in [0.1, 0.15) is 11.3 Å². The number of anilines is 1. The van der Waals surface area contributed by atoms with Gasteiger partial charge < -0.3 is 15.2 Å². The molecule has 0 atom stereocenters. The van der Waals surface area contributed by atoms with Gasteiger partial charge in [0.05, 0.1) is 5.69 Å². The number of aromatic hydroxyl groups is 1. The van der Waals surface area contributed by atoms with Crippen LogP contribution in [-0.4, -0.2) is 29.8 Å². The van der Waals surface area contributed by atoms with E-state index in [-0.39, 0.29) is 16.3 Å². The lowest BCUT2D eigenvalue weighted by Crippen LogP contribution is -2.21. The van der Waals surface area contributed by atoms with Crippen LogP contribution in [0.4, 0.5) is 5.69 Å². The number of esters is 1. The van der Waals surface area contributed by atoms with Crippen molar-refractivity contribution in [1.29, 1.82) is 0 Å². The van der Waals surface area contributed by atoms with Gasteiger partial charge in [0.25, 0.3) is 5.91 Å². The third-order valence-corrected chi connectivity index (χ3v) is 3.92. The van der Waals surface area contributed by atoms with E-state index in [2.05, 4.69) is 5.32 Å². The normalized spacial score (nSPS) is 10.2.